The minimum atomic E-state index is 0.0878. The maximum absolute atomic E-state index is 12.5. The predicted molar refractivity (Wildman–Crippen MR) is 134 cm³/mol. The van der Waals surface area contributed by atoms with Gasteiger partial charge in [0.05, 0.1) is 11.6 Å². The van der Waals surface area contributed by atoms with E-state index in [2.05, 4.69) is 45.6 Å². The van der Waals surface area contributed by atoms with Crippen molar-refractivity contribution < 1.29 is 4.79 Å². The lowest BCUT2D eigenvalue weighted by molar-refractivity contribution is -0.121. The smallest absolute Gasteiger partial charge is 0.229 e. The fourth-order valence-electron chi connectivity index (χ4n) is 4.17. The van der Waals surface area contributed by atoms with E-state index < -0.39 is 0 Å². The van der Waals surface area contributed by atoms with E-state index in [1.54, 1.807) is 12.1 Å². The molecule has 1 fully saturated rings. The van der Waals surface area contributed by atoms with E-state index in [1.807, 2.05) is 36.4 Å². The molecule has 0 bridgehead atoms. The van der Waals surface area contributed by atoms with E-state index in [4.69, 9.17) is 10.2 Å². The Hall–Kier alpha value is -3.92. The Morgan fingerprint density at radius 3 is 2.76 bits per heavy atom. The van der Waals surface area contributed by atoms with Crippen LogP contribution in [0.2, 0.25) is 0 Å². The lowest BCUT2D eigenvalue weighted by Gasteiger charge is -2.20. The molecule has 0 saturated carbocycles. The van der Waals surface area contributed by atoms with Gasteiger partial charge in [0.25, 0.3) is 0 Å². The number of aromatic nitrogens is 2. The molecule has 1 aliphatic heterocycles. The minimum absolute atomic E-state index is 0.0878. The van der Waals surface area contributed by atoms with Crippen molar-refractivity contribution >= 4 is 23.4 Å². The number of benzene rings is 2. The second-order valence-corrected chi connectivity index (χ2v) is 8.59. The molecule has 34 heavy (non-hydrogen) atoms. The number of nitriles is 1. The highest BCUT2D eigenvalue weighted by molar-refractivity contribution is 5.76. The first-order valence-electron chi connectivity index (χ1n) is 11.9. The summed E-state index contributed by atoms with van der Waals surface area (Å²) in [4.78, 5) is 24.1. The van der Waals surface area contributed by atoms with E-state index in [9.17, 15) is 4.79 Å². The van der Waals surface area contributed by atoms with Crippen molar-refractivity contribution in [3.63, 3.8) is 0 Å². The lowest BCUT2D eigenvalue weighted by atomic mass is 10.1. The summed E-state index contributed by atoms with van der Waals surface area (Å²) in [6.45, 7) is 3.68. The third-order valence-corrected chi connectivity index (χ3v) is 5.88. The number of amides is 1. The van der Waals surface area contributed by atoms with Crippen LogP contribution in [0, 0.1) is 11.3 Å². The molecule has 0 aliphatic carbocycles. The molecular weight excluding hydrogens is 424 g/mol. The number of rotatable bonds is 9. The van der Waals surface area contributed by atoms with Crippen molar-refractivity contribution in [3.05, 3.63) is 77.5 Å². The van der Waals surface area contributed by atoms with E-state index in [1.165, 1.54) is 5.56 Å². The van der Waals surface area contributed by atoms with Gasteiger partial charge < -0.3 is 15.5 Å². The summed E-state index contributed by atoms with van der Waals surface area (Å²) in [6, 6.07) is 21.7. The SMILES string of the molecule is CCCc1cc(N2CCC(NC(=O)CCc3ccccc3)C2)nc(Nc2cccc(C#N)c2)n1. The Balaban J connectivity index is 1.39. The van der Waals surface area contributed by atoms with E-state index in [-0.39, 0.29) is 11.9 Å². The first-order chi connectivity index (χ1) is 16.6. The van der Waals surface area contributed by atoms with E-state index >= 15 is 0 Å². The predicted octanol–water partition coefficient (Wildman–Crippen LogP) is 4.37. The molecule has 1 saturated heterocycles. The molecule has 3 aromatic rings. The number of carbonyl (C=O) groups is 1. The van der Waals surface area contributed by atoms with Crippen LogP contribution in [-0.4, -0.2) is 35.0 Å². The number of hydrogen-bond donors (Lipinski definition) is 2. The molecule has 1 aliphatic rings. The quantitative estimate of drug-likeness (QED) is 0.499. The van der Waals surface area contributed by atoms with Crippen molar-refractivity contribution in [1.82, 2.24) is 15.3 Å². The molecule has 2 heterocycles. The van der Waals surface area contributed by atoms with Crippen LogP contribution in [0.1, 0.15) is 43.0 Å². The molecule has 7 nitrogen and oxygen atoms in total. The topological polar surface area (TPSA) is 93.9 Å². The lowest BCUT2D eigenvalue weighted by Crippen LogP contribution is -2.37. The zero-order valence-corrected chi connectivity index (χ0v) is 19.5. The van der Waals surface area contributed by atoms with Gasteiger partial charge in [-0.25, -0.2) is 4.98 Å². The van der Waals surface area contributed by atoms with Crippen LogP contribution in [0.4, 0.5) is 17.5 Å². The van der Waals surface area contributed by atoms with Crippen LogP contribution in [0.25, 0.3) is 0 Å². The van der Waals surface area contributed by atoms with Crippen LogP contribution in [-0.2, 0) is 17.6 Å². The average Bonchev–Trinajstić information content (AvgIpc) is 3.32. The summed E-state index contributed by atoms with van der Waals surface area (Å²) in [6.07, 6.45) is 3.97. The Morgan fingerprint density at radius 2 is 1.97 bits per heavy atom. The van der Waals surface area contributed by atoms with Gasteiger partial charge in [-0.2, -0.15) is 10.2 Å². The summed E-state index contributed by atoms with van der Waals surface area (Å²) < 4.78 is 0. The summed E-state index contributed by atoms with van der Waals surface area (Å²) in [5.41, 5.74) is 3.52. The molecule has 1 aromatic heterocycles. The highest BCUT2D eigenvalue weighted by Crippen LogP contribution is 2.23. The van der Waals surface area contributed by atoms with Gasteiger partial charge >= 0.3 is 0 Å². The van der Waals surface area contributed by atoms with Crippen molar-refractivity contribution in [3.8, 4) is 6.07 Å². The summed E-state index contributed by atoms with van der Waals surface area (Å²) in [5, 5.41) is 15.6. The number of aryl methyl sites for hydroxylation is 2. The second-order valence-electron chi connectivity index (χ2n) is 8.59. The average molecular weight is 455 g/mol. The highest BCUT2D eigenvalue weighted by atomic mass is 16.1. The van der Waals surface area contributed by atoms with Gasteiger partial charge in [0.2, 0.25) is 11.9 Å². The molecule has 1 atom stereocenters. The van der Waals surface area contributed by atoms with Gasteiger partial charge in [0.15, 0.2) is 0 Å². The first kappa shape index (κ1) is 23.2. The number of anilines is 3. The Morgan fingerprint density at radius 1 is 1.12 bits per heavy atom. The molecule has 174 valence electrons. The van der Waals surface area contributed by atoms with Crippen molar-refractivity contribution in [1.29, 1.82) is 5.26 Å². The molecule has 4 rings (SSSR count). The number of nitrogens with one attached hydrogen (secondary N) is 2. The minimum Gasteiger partial charge on any atom is -0.354 e. The zero-order valence-electron chi connectivity index (χ0n) is 19.5. The Kier molecular flexibility index (Phi) is 7.71. The molecule has 2 aromatic carbocycles. The molecular formula is C27H30N6O. The fraction of sp³-hybridized carbons (Fsp3) is 0.333. The molecule has 0 spiro atoms. The van der Waals surface area contributed by atoms with E-state index in [0.717, 1.165) is 56.0 Å². The third-order valence-electron chi connectivity index (χ3n) is 5.88. The van der Waals surface area contributed by atoms with Crippen LogP contribution in [0.5, 0.6) is 0 Å². The fourth-order valence-corrected chi connectivity index (χ4v) is 4.17. The van der Waals surface area contributed by atoms with Gasteiger partial charge in [-0.3, -0.25) is 4.79 Å². The summed E-state index contributed by atoms with van der Waals surface area (Å²) in [5.74, 6) is 1.47. The highest BCUT2D eigenvalue weighted by Gasteiger charge is 2.25. The van der Waals surface area contributed by atoms with Crippen molar-refractivity contribution in [2.75, 3.05) is 23.3 Å². The van der Waals surface area contributed by atoms with Gasteiger partial charge in [0.1, 0.15) is 5.82 Å². The Bertz CT molecular complexity index is 1160. The maximum atomic E-state index is 12.5. The van der Waals surface area contributed by atoms with Gasteiger partial charge in [-0.15, -0.1) is 0 Å². The van der Waals surface area contributed by atoms with Crippen LogP contribution in [0.15, 0.2) is 60.7 Å². The molecule has 0 radical (unpaired) electrons. The maximum Gasteiger partial charge on any atom is 0.229 e. The summed E-state index contributed by atoms with van der Waals surface area (Å²) in [7, 11) is 0. The van der Waals surface area contributed by atoms with Gasteiger partial charge in [0, 0.05) is 43.0 Å². The Labute approximate surface area is 200 Å². The largest absolute Gasteiger partial charge is 0.354 e. The molecule has 1 unspecified atom stereocenters. The van der Waals surface area contributed by atoms with Crippen molar-refractivity contribution in [2.45, 2.75) is 45.1 Å². The number of carbonyl (C=O) groups excluding carboxylic acids is 1. The second kappa shape index (κ2) is 11.3. The standard InChI is InChI=1S/C27H30N6O/c1-2-7-22-17-25(32-27(30-22)31-23-11-6-10-21(16-23)18-28)33-15-14-24(19-33)29-26(34)13-12-20-8-4-3-5-9-20/h3-6,8-11,16-17,24H,2,7,12-15,19H2,1H3,(H,29,34)(H,30,31,32). The summed E-state index contributed by atoms with van der Waals surface area (Å²) >= 11 is 0. The molecule has 1 amide bonds. The molecule has 2 N–H and O–H groups in total. The van der Waals surface area contributed by atoms with Crippen LogP contribution in [0.3, 0.4) is 0 Å². The van der Waals surface area contributed by atoms with Gasteiger partial charge in [-0.1, -0.05) is 49.7 Å². The monoisotopic (exact) mass is 454 g/mol. The number of hydrogen-bond acceptors (Lipinski definition) is 6. The molecule has 7 heteroatoms. The zero-order chi connectivity index (χ0) is 23.8. The van der Waals surface area contributed by atoms with Crippen molar-refractivity contribution in [2.24, 2.45) is 0 Å². The normalized spacial score (nSPS) is 15.1. The number of nitrogens with zero attached hydrogens (tertiary/aromatic N) is 4. The van der Waals surface area contributed by atoms with Crippen LogP contribution >= 0.6 is 0 Å². The van der Waals surface area contributed by atoms with Crippen LogP contribution < -0.4 is 15.5 Å². The third kappa shape index (κ3) is 6.32. The first-order valence-corrected chi connectivity index (χ1v) is 11.9. The van der Waals surface area contributed by atoms with Gasteiger partial charge in [-0.05, 0) is 43.0 Å². The van der Waals surface area contributed by atoms with E-state index in [0.29, 0.717) is 17.9 Å².